The highest BCUT2D eigenvalue weighted by Gasteiger charge is 2.21. The third-order valence-electron chi connectivity index (χ3n) is 4.58. The van der Waals surface area contributed by atoms with Gasteiger partial charge in [0.25, 0.3) is 5.69 Å². The van der Waals surface area contributed by atoms with Crippen LogP contribution in [0, 0.1) is 20.2 Å². The van der Waals surface area contributed by atoms with Gasteiger partial charge < -0.3 is 4.74 Å². The average molecular weight is 413 g/mol. The summed E-state index contributed by atoms with van der Waals surface area (Å²) in [5, 5.41) is 24.2. The molecule has 8 nitrogen and oxygen atoms in total. The lowest BCUT2D eigenvalue weighted by atomic mass is 10.1. The van der Waals surface area contributed by atoms with Gasteiger partial charge in [-0.15, -0.1) is 0 Å². The Kier molecular flexibility index (Phi) is 5.35. The van der Waals surface area contributed by atoms with E-state index < -0.39 is 15.5 Å². The number of ether oxygens (including phenoxy) is 1. The molecular formula is C23H15N3O5. The largest absolute Gasteiger partial charge is 0.450 e. The fourth-order valence-corrected chi connectivity index (χ4v) is 3.06. The zero-order valence-corrected chi connectivity index (χ0v) is 16.0. The minimum absolute atomic E-state index is 0.0761. The van der Waals surface area contributed by atoms with Gasteiger partial charge >= 0.3 is 5.69 Å². The molecule has 0 fully saturated rings. The summed E-state index contributed by atoms with van der Waals surface area (Å²) in [5.74, 6) is 0.284. The molecule has 8 heteroatoms. The molecule has 0 atom stereocenters. The lowest BCUT2D eigenvalue weighted by Gasteiger charge is -2.06. The van der Waals surface area contributed by atoms with E-state index >= 15 is 0 Å². The molecule has 0 spiro atoms. The number of non-ortho nitro benzene ring substituents is 1. The number of aliphatic imine (C=N–C) groups is 1. The fourth-order valence-electron chi connectivity index (χ4n) is 3.06. The first-order valence-corrected chi connectivity index (χ1v) is 9.24. The Bertz CT molecular complexity index is 1310. The summed E-state index contributed by atoms with van der Waals surface area (Å²) >= 11 is 0. The van der Waals surface area contributed by atoms with E-state index in [9.17, 15) is 20.2 Å². The molecule has 0 saturated carbocycles. The Balaban J connectivity index is 1.54. The predicted octanol–water partition coefficient (Wildman–Crippen LogP) is 6.20. The van der Waals surface area contributed by atoms with E-state index in [2.05, 4.69) is 4.99 Å². The molecular weight excluding hydrogens is 398 g/mol. The standard InChI is InChI=1S/C23H15N3O5/c27-25(28)18-10-13-23(22(14-18)26(29)30)31-19-11-8-16(9-12-19)15-24-21-7-3-5-17-4-1-2-6-20(17)21/h1-15H. The van der Waals surface area contributed by atoms with Crippen molar-refractivity contribution < 1.29 is 14.6 Å². The monoisotopic (exact) mass is 413 g/mol. The highest BCUT2D eigenvalue weighted by atomic mass is 16.6. The van der Waals surface area contributed by atoms with Gasteiger partial charge in [-0.1, -0.05) is 36.4 Å². The van der Waals surface area contributed by atoms with Crippen LogP contribution < -0.4 is 4.74 Å². The van der Waals surface area contributed by atoms with Gasteiger partial charge in [-0.05, 0) is 47.3 Å². The van der Waals surface area contributed by atoms with Gasteiger partial charge in [0.1, 0.15) is 5.75 Å². The molecule has 0 aliphatic carbocycles. The van der Waals surface area contributed by atoms with Crippen molar-refractivity contribution in [2.24, 2.45) is 4.99 Å². The number of nitro benzene ring substituents is 2. The van der Waals surface area contributed by atoms with Crippen molar-refractivity contribution >= 4 is 34.0 Å². The Labute approximate surface area is 176 Å². The summed E-state index contributed by atoms with van der Waals surface area (Å²) in [5.41, 5.74) is 0.813. The Morgan fingerprint density at radius 1 is 0.806 bits per heavy atom. The molecule has 4 aromatic carbocycles. The lowest BCUT2D eigenvalue weighted by Crippen LogP contribution is -1.96. The van der Waals surface area contributed by atoms with E-state index in [-0.39, 0.29) is 11.4 Å². The molecule has 0 unspecified atom stereocenters. The Morgan fingerprint density at radius 3 is 2.29 bits per heavy atom. The Hall–Kier alpha value is -4.59. The van der Waals surface area contributed by atoms with Crippen molar-refractivity contribution in [1.29, 1.82) is 0 Å². The first kappa shape index (κ1) is 19.7. The summed E-state index contributed by atoms with van der Waals surface area (Å²) in [7, 11) is 0. The molecule has 0 bridgehead atoms. The molecule has 31 heavy (non-hydrogen) atoms. The smallest absolute Gasteiger partial charge is 0.318 e. The first-order chi connectivity index (χ1) is 15.0. The van der Waals surface area contributed by atoms with Crippen molar-refractivity contribution in [2.75, 3.05) is 0 Å². The Morgan fingerprint density at radius 2 is 1.55 bits per heavy atom. The van der Waals surface area contributed by atoms with Gasteiger partial charge in [-0.25, -0.2) is 0 Å². The van der Waals surface area contributed by atoms with Gasteiger partial charge in [0.2, 0.25) is 5.75 Å². The fraction of sp³-hybridized carbons (Fsp3) is 0. The lowest BCUT2D eigenvalue weighted by molar-refractivity contribution is -0.394. The van der Waals surface area contributed by atoms with Crippen LogP contribution in [0.4, 0.5) is 17.1 Å². The normalized spacial score (nSPS) is 11.0. The molecule has 0 radical (unpaired) electrons. The second-order valence-corrected chi connectivity index (χ2v) is 6.59. The zero-order valence-electron chi connectivity index (χ0n) is 16.0. The van der Waals surface area contributed by atoms with E-state index in [0.29, 0.717) is 5.75 Å². The number of hydrogen-bond donors (Lipinski definition) is 0. The van der Waals surface area contributed by atoms with Gasteiger partial charge in [0.15, 0.2) is 0 Å². The van der Waals surface area contributed by atoms with Crippen LogP contribution in [0.15, 0.2) is 89.9 Å². The summed E-state index contributed by atoms with van der Waals surface area (Å²) in [6.45, 7) is 0. The summed E-state index contributed by atoms with van der Waals surface area (Å²) in [6.07, 6.45) is 1.72. The first-order valence-electron chi connectivity index (χ1n) is 9.24. The molecule has 0 heterocycles. The average Bonchev–Trinajstić information content (AvgIpc) is 2.78. The van der Waals surface area contributed by atoms with E-state index in [0.717, 1.165) is 34.2 Å². The molecule has 0 aliphatic rings. The van der Waals surface area contributed by atoms with Crippen LogP contribution in [0.3, 0.4) is 0 Å². The van der Waals surface area contributed by atoms with Crippen molar-refractivity contribution in [3.8, 4) is 11.5 Å². The molecule has 0 aromatic heterocycles. The van der Waals surface area contributed by atoms with Gasteiger partial charge in [-0.2, -0.15) is 0 Å². The van der Waals surface area contributed by atoms with Crippen LogP contribution in [0.2, 0.25) is 0 Å². The minimum Gasteiger partial charge on any atom is -0.450 e. The summed E-state index contributed by atoms with van der Waals surface area (Å²) in [4.78, 5) is 25.2. The second kappa shape index (κ2) is 8.42. The van der Waals surface area contributed by atoms with Crippen molar-refractivity contribution in [1.82, 2.24) is 0 Å². The van der Waals surface area contributed by atoms with E-state index in [4.69, 9.17) is 4.74 Å². The minimum atomic E-state index is -0.715. The van der Waals surface area contributed by atoms with Crippen LogP contribution in [0.25, 0.3) is 10.8 Å². The summed E-state index contributed by atoms with van der Waals surface area (Å²) in [6, 6.07) is 24.0. The summed E-state index contributed by atoms with van der Waals surface area (Å²) < 4.78 is 5.57. The quantitative estimate of drug-likeness (QED) is 0.212. The van der Waals surface area contributed by atoms with Crippen LogP contribution in [-0.2, 0) is 0 Å². The van der Waals surface area contributed by atoms with Crippen LogP contribution in [-0.4, -0.2) is 16.1 Å². The maximum Gasteiger partial charge on any atom is 0.318 e. The zero-order chi connectivity index (χ0) is 21.8. The SMILES string of the molecule is O=[N+]([O-])c1ccc(Oc2ccc(C=Nc3cccc4ccccc34)cc2)c([N+](=O)[O-])c1. The number of rotatable bonds is 6. The second-order valence-electron chi connectivity index (χ2n) is 6.59. The van der Waals surface area contributed by atoms with E-state index in [1.165, 1.54) is 6.07 Å². The highest BCUT2D eigenvalue weighted by molar-refractivity contribution is 5.95. The number of fused-ring (bicyclic) bond motifs is 1. The van der Waals surface area contributed by atoms with E-state index in [1.54, 1.807) is 30.5 Å². The van der Waals surface area contributed by atoms with Crippen LogP contribution in [0.5, 0.6) is 11.5 Å². The number of nitro groups is 2. The van der Waals surface area contributed by atoms with E-state index in [1.807, 2.05) is 42.5 Å². The number of hydrogen-bond acceptors (Lipinski definition) is 6. The van der Waals surface area contributed by atoms with Crippen LogP contribution >= 0.6 is 0 Å². The third-order valence-corrected chi connectivity index (χ3v) is 4.58. The molecule has 0 saturated heterocycles. The maximum absolute atomic E-state index is 11.2. The van der Waals surface area contributed by atoms with Crippen molar-refractivity contribution in [3.05, 3.63) is 111 Å². The molecule has 4 rings (SSSR count). The predicted molar refractivity (Wildman–Crippen MR) is 117 cm³/mol. The molecule has 4 aromatic rings. The van der Waals surface area contributed by atoms with Crippen molar-refractivity contribution in [3.63, 3.8) is 0 Å². The van der Waals surface area contributed by atoms with Crippen molar-refractivity contribution in [2.45, 2.75) is 0 Å². The molecule has 0 aliphatic heterocycles. The van der Waals surface area contributed by atoms with Gasteiger partial charge in [0, 0.05) is 17.7 Å². The number of benzene rings is 4. The molecule has 152 valence electrons. The molecule has 0 amide bonds. The number of nitrogens with zero attached hydrogens (tertiary/aromatic N) is 3. The van der Waals surface area contributed by atoms with Gasteiger partial charge in [-0.3, -0.25) is 25.2 Å². The highest BCUT2D eigenvalue weighted by Crippen LogP contribution is 2.34. The molecule has 0 N–H and O–H groups in total. The van der Waals surface area contributed by atoms with Gasteiger partial charge in [0.05, 0.1) is 21.6 Å². The third kappa shape index (κ3) is 4.38. The maximum atomic E-state index is 11.2. The van der Waals surface area contributed by atoms with Crippen LogP contribution in [0.1, 0.15) is 5.56 Å². The topological polar surface area (TPSA) is 108 Å².